The van der Waals surface area contributed by atoms with Crippen molar-refractivity contribution < 1.29 is 17.9 Å². The molecular weight excluding hydrogens is 314 g/mol. The fourth-order valence-corrected chi connectivity index (χ4v) is 4.55. The number of carbonyl (C=O) groups is 1. The second-order valence-corrected chi connectivity index (χ2v) is 8.24. The minimum absolute atomic E-state index is 0.0220. The number of hydrogen-bond acceptors (Lipinski definition) is 4. The van der Waals surface area contributed by atoms with Gasteiger partial charge in [0.1, 0.15) is 5.75 Å². The van der Waals surface area contributed by atoms with Gasteiger partial charge in [0.25, 0.3) is 5.91 Å². The lowest BCUT2D eigenvalue weighted by atomic mass is 10.0. The second kappa shape index (κ2) is 5.85. The van der Waals surface area contributed by atoms with Crippen molar-refractivity contribution in [1.82, 2.24) is 5.32 Å². The second-order valence-electron chi connectivity index (χ2n) is 5.65. The first kappa shape index (κ1) is 16.1. The molecule has 1 aromatic rings. The minimum atomic E-state index is -3.05. The van der Waals surface area contributed by atoms with E-state index in [-0.39, 0.29) is 24.0 Å². The van der Waals surface area contributed by atoms with Crippen molar-refractivity contribution in [2.24, 2.45) is 0 Å². The third-order valence-corrected chi connectivity index (χ3v) is 5.77. The topological polar surface area (TPSA) is 72.5 Å². The molecule has 1 fully saturated rings. The van der Waals surface area contributed by atoms with Crippen molar-refractivity contribution in [2.75, 3.05) is 18.1 Å². The van der Waals surface area contributed by atoms with Gasteiger partial charge < -0.3 is 10.1 Å². The predicted molar refractivity (Wildman–Crippen MR) is 81.5 cm³/mol. The molecule has 0 aliphatic carbocycles. The minimum Gasteiger partial charge on any atom is -0.484 e. The van der Waals surface area contributed by atoms with Crippen molar-refractivity contribution in [3.05, 3.63) is 28.8 Å². The number of ether oxygens (including phenoxy) is 1. The molecule has 0 bridgehead atoms. The third kappa shape index (κ3) is 4.35. The molecule has 116 valence electrons. The van der Waals surface area contributed by atoms with Crippen LogP contribution in [0, 0.1) is 6.92 Å². The van der Waals surface area contributed by atoms with Crippen LogP contribution >= 0.6 is 11.6 Å². The Morgan fingerprint density at radius 1 is 1.48 bits per heavy atom. The van der Waals surface area contributed by atoms with Gasteiger partial charge in [0.15, 0.2) is 16.4 Å². The van der Waals surface area contributed by atoms with E-state index < -0.39 is 15.4 Å². The summed E-state index contributed by atoms with van der Waals surface area (Å²) < 4.78 is 28.4. The molecule has 1 N–H and O–H groups in total. The van der Waals surface area contributed by atoms with Crippen LogP contribution in [0.15, 0.2) is 18.2 Å². The molecule has 0 spiro atoms. The maximum Gasteiger partial charge on any atom is 0.258 e. The molecule has 1 aliphatic heterocycles. The highest BCUT2D eigenvalue weighted by molar-refractivity contribution is 7.91. The lowest BCUT2D eigenvalue weighted by molar-refractivity contribution is -0.124. The highest BCUT2D eigenvalue weighted by Gasteiger charge is 2.39. The summed E-state index contributed by atoms with van der Waals surface area (Å²) >= 11 is 5.91. The van der Waals surface area contributed by atoms with Crippen LogP contribution < -0.4 is 10.1 Å². The van der Waals surface area contributed by atoms with E-state index in [9.17, 15) is 13.2 Å². The molecule has 1 saturated heterocycles. The zero-order chi connectivity index (χ0) is 15.7. The van der Waals surface area contributed by atoms with Gasteiger partial charge in [-0.05, 0) is 44.0 Å². The van der Waals surface area contributed by atoms with Crippen LogP contribution in [-0.4, -0.2) is 38.0 Å². The van der Waals surface area contributed by atoms with Gasteiger partial charge in [-0.25, -0.2) is 8.42 Å². The molecule has 5 nitrogen and oxygen atoms in total. The number of sulfone groups is 1. The van der Waals surface area contributed by atoms with E-state index in [0.717, 1.165) is 5.56 Å². The van der Waals surface area contributed by atoms with Crippen LogP contribution in [0.4, 0.5) is 0 Å². The number of nitrogens with one attached hydrogen (secondary N) is 1. The zero-order valence-electron chi connectivity index (χ0n) is 12.0. The van der Waals surface area contributed by atoms with Gasteiger partial charge >= 0.3 is 0 Å². The van der Waals surface area contributed by atoms with Gasteiger partial charge in [-0.2, -0.15) is 0 Å². The molecule has 0 saturated carbocycles. The number of halogens is 1. The Labute approximate surface area is 129 Å². The van der Waals surface area contributed by atoms with Gasteiger partial charge in [-0.1, -0.05) is 11.6 Å². The van der Waals surface area contributed by atoms with Crippen molar-refractivity contribution in [2.45, 2.75) is 25.8 Å². The average Bonchev–Trinajstić information content (AvgIpc) is 2.65. The molecule has 2 rings (SSSR count). The van der Waals surface area contributed by atoms with E-state index in [1.54, 1.807) is 25.1 Å². The van der Waals surface area contributed by atoms with E-state index >= 15 is 0 Å². The van der Waals surface area contributed by atoms with Crippen LogP contribution in [0.2, 0.25) is 5.02 Å². The summed E-state index contributed by atoms with van der Waals surface area (Å²) in [4.78, 5) is 11.9. The third-order valence-electron chi connectivity index (χ3n) is 3.44. The van der Waals surface area contributed by atoms with Gasteiger partial charge in [0, 0.05) is 5.02 Å². The fourth-order valence-electron chi connectivity index (χ4n) is 2.34. The summed E-state index contributed by atoms with van der Waals surface area (Å²) in [5.41, 5.74) is 0.165. The predicted octanol–water partition coefficient (Wildman–Crippen LogP) is 1.72. The smallest absolute Gasteiger partial charge is 0.258 e. The number of rotatable bonds is 4. The molecule has 1 amide bonds. The van der Waals surface area contributed by atoms with E-state index in [0.29, 0.717) is 17.2 Å². The Morgan fingerprint density at radius 2 is 2.19 bits per heavy atom. The van der Waals surface area contributed by atoms with Gasteiger partial charge in [0.05, 0.1) is 17.0 Å². The summed E-state index contributed by atoms with van der Waals surface area (Å²) in [6.07, 6.45) is 0.432. The maximum atomic E-state index is 11.9. The van der Waals surface area contributed by atoms with E-state index in [1.165, 1.54) is 0 Å². The average molecular weight is 332 g/mol. The highest BCUT2D eigenvalue weighted by atomic mass is 35.5. The normalized spacial score (nSPS) is 23.8. The zero-order valence-corrected chi connectivity index (χ0v) is 13.6. The van der Waals surface area contributed by atoms with E-state index in [4.69, 9.17) is 16.3 Å². The van der Waals surface area contributed by atoms with Crippen LogP contribution in [-0.2, 0) is 14.6 Å². The van der Waals surface area contributed by atoms with Crippen molar-refractivity contribution in [3.8, 4) is 5.75 Å². The Hall–Kier alpha value is -1.27. The Kier molecular flexibility index (Phi) is 4.49. The number of aryl methyl sites for hydroxylation is 1. The standard InChI is InChI=1S/C14H18ClNO4S/c1-10-7-11(3-4-12(10)15)20-8-13(17)16-14(2)5-6-21(18,19)9-14/h3-4,7H,5-6,8-9H2,1-2H3,(H,16,17). The molecule has 21 heavy (non-hydrogen) atoms. The number of benzene rings is 1. The number of hydrogen-bond donors (Lipinski definition) is 1. The van der Waals surface area contributed by atoms with Crippen molar-refractivity contribution >= 4 is 27.3 Å². The summed E-state index contributed by atoms with van der Waals surface area (Å²) in [5, 5.41) is 3.37. The molecule has 1 heterocycles. The largest absolute Gasteiger partial charge is 0.484 e. The van der Waals surface area contributed by atoms with E-state index in [1.807, 2.05) is 6.92 Å². The van der Waals surface area contributed by atoms with Crippen LogP contribution in [0.25, 0.3) is 0 Å². The monoisotopic (exact) mass is 331 g/mol. The molecule has 0 radical (unpaired) electrons. The SMILES string of the molecule is Cc1cc(OCC(=O)NC2(C)CCS(=O)(=O)C2)ccc1Cl. The summed E-state index contributed by atoms with van der Waals surface area (Å²) in [6, 6.07) is 5.14. The summed E-state index contributed by atoms with van der Waals surface area (Å²) in [7, 11) is -3.05. The fraction of sp³-hybridized carbons (Fsp3) is 0.500. The van der Waals surface area contributed by atoms with Gasteiger partial charge in [0.2, 0.25) is 0 Å². The van der Waals surface area contributed by atoms with Crippen LogP contribution in [0.5, 0.6) is 5.75 Å². The maximum absolute atomic E-state index is 11.9. The molecule has 7 heteroatoms. The Bertz CT molecular complexity index is 659. The molecule has 1 aliphatic rings. The van der Waals surface area contributed by atoms with Crippen LogP contribution in [0.3, 0.4) is 0 Å². The molecular formula is C14H18ClNO4S. The lowest BCUT2D eigenvalue weighted by Gasteiger charge is -2.23. The number of amides is 1. The lowest BCUT2D eigenvalue weighted by Crippen LogP contribution is -2.48. The molecule has 1 atom stereocenters. The quantitative estimate of drug-likeness (QED) is 0.911. The van der Waals surface area contributed by atoms with Gasteiger partial charge in [-0.3, -0.25) is 4.79 Å². The van der Waals surface area contributed by atoms with E-state index in [2.05, 4.69) is 5.32 Å². The highest BCUT2D eigenvalue weighted by Crippen LogP contribution is 2.23. The van der Waals surface area contributed by atoms with Crippen molar-refractivity contribution in [1.29, 1.82) is 0 Å². The molecule has 0 aromatic heterocycles. The number of carbonyl (C=O) groups excluding carboxylic acids is 1. The van der Waals surface area contributed by atoms with Crippen molar-refractivity contribution in [3.63, 3.8) is 0 Å². The van der Waals surface area contributed by atoms with Gasteiger partial charge in [-0.15, -0.1) is 0 Å². The molecule has 1 unspecified atom stereocenters. The first-order valence-electron chi connectivity index (χ1n) is 6.60. The van der Waals surface area contributed by atoms with Crippen LogP contribution in [0.1, 0.15) is 18.9 Å². The first-order chi connectivity index (χ1) is 9.69. The summed E-state index contributed by atoms with van der Waals surface area (Å²) in [5.74, 6) is 0.311. The summed E-state index contributed by atoms with van der Waals surface area (Å²) in [6.45, 7) is 3.43. The first-order valence-corrected chi connectivity index (χ1v) is 8.79. The Morgan fingerprint density at radius 3 is 2.76 bits per heavy atom. The molecule has 1 aromatic carbocycles. The Balaban J connectivity index is 1.89.